The van der Waals surface area contributed by atoms with E-state index in [9.17, 15) is 26.4 Å². The SMILES string of the molecule is O=C(O)CCCCCOc1cc2c(cc1NS(=O)(=O)c1ccc(C(F)(F)F)cc1)nc(-c1ccccc1)n2-c1ccccc1. The number of anilines is 1. The molecule has 1 heterocycles. The fourth-order valence-electron chi connectivity index (χ4n) is 4.69. The van der Waals surface area contributed by atoms with Crippen molar-refractivity contribution in [1.82, 2.24) is 9.55 Å². The van der Waals surface area contributed by atoms with E-state index in [1.54, 1.807) is 6.07 Å². The van der Waals surface area contributed by atoms with Gasteiger partial charge in [0.05, 0.1) is 33.8 Å². The number of aliphatic carboxylic acids is 1. The molecule has 0 radical (unpaired) electrons. The first-order valence-corrected chi connectivity index (χ1v) is 15.2. The first-order chi connectivity index (χ1) is 21.0. The Balaban J connectivity index is 1.57. The summed E-state index contributed by atoms with van der Waals surface area (Å²) < 4.78 is 76.2. The van der Waals surface area contributed by atoms with Crippen LogP contribution in [0.2, 0.25) is 0 Å². The Morgan fingerprint density at radius 3 is 2.18 bits per heavy atom. The van der Waals surface area contributed by atoms with Crippen molar-refractivity contribution in [3.05, 3.63) is 103 Å². The molecular weight excluding hydrogens is 595 g/mol. The lowest BCUT2D eigenvalue weighted by Crippen LogP contribution is -2.15. The second-order valence-electron chi connectivity index (χ2n) is 9.99. The minimum atomic E-state index is -4.61. The molecule has 5 rings (SSSR count). The number of imidazole rings is 1. The van der Waals surface area contributed by atoms with Gasteiger partial charge in [0.2, 0.25) is 0 Å². The first kappa shape index (κ1) is 30.6. The van der Waals surface area contributed by atoms with E-state index in [1.807, 2.05) is 65.2 Å². The zero-order valence-electron chi connectivity index (χ0n) is 23.3. The first-order valence-electron chi connectivity index (χ1n) is 13.7. The Hall–Kier alpha value is -4.84. The van der Waals surface area contributed by atoms with Crippen LogP contribution in [0.4, 0.5) is 18.9 Å². The van der Waals surface area contributed by atoms with Crippen LogP contribution < -0.4 is 9.46 Å². The van der Waals surface area contributed by atoms with Crippen LogP contribution in [0.15, 0.2) is 102 Å². The summed E-state index contributed by atoms with van der Waals surface area (Å²) in [6.45, 7) is 0.172. The number of ether oxygens (including phenoxy) is 1. The molecule has 0 saturated heterocycles. The van der Waals surface area contributed by atoms with Gasteiger partial charge in [0, 0.05) is 23.7 Å². The summed E-state index contributed by atoms with van der Waals surface area (Å²) in [6.07, 6.45) is -3.01. The lowest BCUT2D eigenvalue weighted by Gasteiger charge is -2.16. The van der Waals surface area contributed by atoms with E-state index < -0.39 is 27.7 Å². The molecular formula is C32H28F3N3O5S. The van der Waals surface area contributed by atoms with E-state index in [2.05, 4.69) is 4.72 Å². The zero-order chi connectivity index (χ0) is 31.3. The predicted molar refractivity (Wildman–Crippen MR) is 160 cm³/mol. The summed E-state index contributed by atoms with van der Waals surface area (Å²) in [5.41, 5.74) is 1.80. The number of nitrogens with zero attached hydrogens (tertiary/aromatic N) is 2. The van der Waals surface area contributed by atoms with Crippen LogP contribution in [-0.4, -0.2) is 35.7 Å². The predicted octanol–water partition coefficient (Wildman–Crippen LogP) is 7.54. The van der Waals surface area contributed by atoms with Gasteiger partial charge in [-0.25, -0.2) is 13.4 Å². The number of fused-ring (bicyclic) bond motifs is 1. The van der Waals surface area contributed by atoms with Crippen LogP contribution in [0, 0.1) is 0 Å². The minimum Gasteiger partial charge on any atom is -0.491 e. The van der Waals surface area contributed by atoms with Crippen LogP contribution in [0.25, 0.3) is 28.1 Å². The van der Waals surface area contributed by atoms with Crippen LogP contribution >= 0.6 is 0 Å². The highest BCUT2D eigenvalue weighted by molar-refractivity contribution is 7.92. The van der Waals surface area contributed by atoms with Gasteiger partial charge in [-0.1, -0.05) is 48.5 Å². The number of unbranched alkanes of at least 4 members (excludes halogenated alkanes) is 2. The normalized spacial score (nSPS) is 11.9. The molecule has 1 aromatic heterocycles. The lowest BCUT2D eigenvalue weighted by molar-refractivity contribution is -0.138. The number of para-hydroxylation sites is 1. The number of benzene rings is 4. The summed E-state index contributed by atoms with van der Waals surface area (Å²) in [6, 6.07) is 25.4. The lowest BCUT2D eigenvalue weighted by atomic mass is 10.2. The topological polar surface area (TPSA) is 111 Å². The Kier molecular flexibility index (Phi) is 8.91. The van der Waals surface area contributed by atoms with Crippen LogP contribution in [0.1, 0.15) is 31.2 Å². The highest BCUT2D eigenvalue weighted by atomic mass is 32.2. The van der Waals surface area contributed by atoms with E-state index in [1.165, 1.54) is 6.07 Å². The molecule has 0 unspecified atom stereocenters. The molecule has 0 amide bonds. The Bertz CT molecular complexity index is 1860. The number of halogens is 3. The average molecular weight is 624 g/mol. The second-order valence-corrected chi connectivity index (χ2v) is 11.7. The van der Waals surface area contributed by atoms with E-state index >= 15 is 0 Å². The average Bonchev–Trinajstić information content (AvgIpc) is 3.37. The van der Waals surface area contributed by atoms with Gasteiger partial charge in [0.15, 0.2) is 0 Å². The van der Waals surface area contributed by atoms with Crippen LogP contribution in [-0.2, 0) is 21.0 Å². The van der Waals surface area contributed by atoms with Gasteiger partial charge in [-0.2, -0.15) is 13.2 Å². The third kappa shape index (κ3) is 7.03. The molecule has 0 saturated carbocycles. The molecule has 2 N–H and O–H groups in total. The number of sulfonamides is 1. The molecule has 0 spiro atoms. The second kappa shape index (κ2) is 12.8. The Labute approximate surface area is 251 Å². The van der Waals surface area contributed by atoms with Gasteiger partial charge >= 0.3 is 12.1 Å². The number of carbonyl (C=O) groups is 1. The Morgan fingerprint density at radius 2 is 1.55 bits per heavy atom. The van der Waals surface area contributed by atoms with Crippen molar-refractivity contribution in [2.24, 2.45) is 0 Å². The quantitative estimate of drug-likeness (QED) is 0.139. The van der Waals surface area contributed by atoms with Gasteiger partial charge in [0.1, 0.15) is 11.6 Å². The number of carboxylic acids is 1. The number of alkyl halides is 3. The maximum absolute atomic E-state index is 13.3. The van der Waals surface area contributed by atoms with E-state index in [0.29, 0.717) is 48.3 Å². The summed E-state index contributed by atoms with van der Waals surface area (Å²) in [7, 11) is -4.32. The summed E-state index contributed by atoms with van der Waals surface area (Å²) in [4.78, 5) is 15.3. The molecule has 0 fully saturated rings. The van der Waals surface area contributed by atoms with Gasteiger partial charge in [0.25, 0.3) is 10.0 Å². The third-order valence-electron chi connectivity index (χ3n) is 6.83. The number of aromatic nitrogens is 2. The zero-order valence-corrected chi connectivity index (χ0v) is 24.1. The van der Waals surface area contributed by atoms with E-state index in [4.69, 9.17) is 14.8 Å². The molecule has 8 nitrogen and oxygen atoms in total. The number of hydrogen-bond donors (Lipinski definition) is 2. The maximum atomic E-state index is 13.3. The summed E-state index contributed by atoms with van der Waals surface area (Å²) >= 11 is 0. The van der Waals surface area contributed by atoms with Crippen LogP contribution in [0.3, 0.4) is 0 Å². The van der Waals surface area contributed by atoms with E-state index in [0.717, 1.165) is 23.4 Å². The van der Waals surface area contributed by atoms with Crippen molar-refractivity contribution >= 4 is 32.7 Å². The fraction of sp³-hybridized carbons (Fsp3) is 0.188. The molecule has 5 aromatic rings. The van der Waals surface area contributed by atoms with E-state index in [-0.39, 0.29) is 29.4 Å². The van der Waals surface area contributed by atoms with Crippen molar-refractivity contribution in [1.29, 1.82) is 0 Å². The molecule has 12 heteroatoms. The minimum absolute atomic E-state index is 0.0304. The molecule has 0 aliphatic rings. The largest absolute Gasteiger partial charge is 0.491 e. The number of hydrogen-bond acceptors (Lipinski definition) is 5. The third-order valence-corrected chi connectivity index (χ3v) is 8.21. The smallest absolute Gasteiger partial charge is 0.416 e. The number of carboxylic acid groups (broad SMARTS) is 1. The fourth-order valence-corrected chi connectivity index (χ4v) is 5.75. The monoisotopic (exact) mass is 623 g/mol. The highest BCUT2D eigenvalue weighted by Gasteiger charge is 2.31. The van der Waals surface area contributed by atoms with Gasteiger partial charge in [-0.3, -0.25) is 14.1 Å². The maximum Gasteiger partial charge on any atom is 0.416 e. The standard InChI is InChI=1S/C32H28F3N3O5S/c33-32(34,35)23-15-17-25(18-16-23)44(41,42)37-27-20-26-28(21-29(27)43-19-9-3-8-14-30(39)40)38(24-12-6-2-7-13-24)31(36-26)22-10-4-1-5-11-22/h1-2,4-7,10-13,15-18,20-21,37H,3,8-9,14,19H2,(H,39,40). The van der Waals surface area contributed by atoms with Crippen molar-refractivity contribution in [2.75, 3.05) is 11.3 Å². The van der Waals surface area contributed by atoms with Crippen molar-refractivity contribution in [2.45, 2.75) is 36.8 Å². The number of rotatable bonds is 12. The van der Waals surface area contributed by atoms with Crippen molar-refractivity contribution in [3.63, 3.8) is 0 Å². The van der Waals surface area contributed by atoms with Gasteiger partial charge < -0.3 is 9.84 Å². The molecule has 0 aliphatic heterocycles. The van der Waals surface area contributed by atoms with Gasteiger partial charge in [-0.15, -0.1) is 0 Å². The van der Waals surface area contributed by atoms with Crippen LogP contribution in [0.5, 0.6) is 5.75 Å². The van der Waals surface area contributed by atoms with Gasteiger partial charge in [-0.05, 0) is 61.7 Å². The molecule has 0 aliphatic carbocycles. The van der Waals surface area contributed by atoms with Crippen molar-refractivity contribution < 1.29 is 36.2 Å². The molecule has 0 bridgehead atoms. The summed E-state index contributed by atoms with van der Waals surface area (Å²) in [5, 5.41) is 8.89. The molecule has 4 aromatic carbocycles. The number of nitrogens with one attached hydrogen (secondary N) is 1. The summed E-state index contributed by atoms with van der Waals surface area (Å²) in [5.74, 6) is -0.100. The molecule has 0 atom stereocenters. The molecule has 228 valence electrons. The van der Waals surface area contributed by atoms with Crippen molar-refractivity contribution in [3.8, 4) is 22.8 Å². The Morgan fingerprint density at radius 1 is 0.886 bits per heavy atom. The highest BCUT2D eigenvalue weighted by Crippen LogP contribution is 2.37. The molecule has 44 heavy (non-hydrogen) atoms.